The third-order valence-corrected chi connectivity index (χ3v) is 4.03. The second-order valence-electron chi connectivity index (χ2n) is 5.49. The molecule has 0 spiro atoms. The van der Waals surface area contributed by atoms with Crippen LogP contribution in [0.25, 0.3) is 5.65 Å². The summed E-state index contributed by atoms with van der Waals surface area (Å²) in [7, 11) is 0. The van der Waals surface area contributed by atoms with Crippen molar-refractivity contribution in [1.29, 1.82) is 0 Å². The summed E-state index contributed by atoms with van der Waals surface area (Å²) in [5.41, 5.74) is 2.05. The van der Waals surface area contributed by atoms with Gasteiger partial charge in [0, 0.05) is 12.7 Å². The maximum absolute atomic E-state index is 9.47. The molecule has 3 heterocycles. The standard InChI is InChI=1S/C15H21N3O/c1-2-17-7-3-4-12(9-17)8-13-10-18-11-14(19)5-6-15(18)16-13/h5-6,10-12,19H,2-4,7-9H2,1H3. The average Bonchev–Trinajstić information content (AvgIpc) is 2.80. The van der Waals surface area contributed by atoms with Crippen LogP contribution in [-0.2, 0) is 6.42 Å². The van der Waals surface area contributed by atoms with Crippen LogP contribution in [0.5, 0.6) is 5.75 Å². The van der Waals surface area contributed by atoms with Crippen LogP contribution in [0.4, 0.5) is 0 Å². The molecule has 2 aromatic rings. The normalized spacial score (nSPS) is 21.0. The number of nitrogens with zero attached hydrogens (tertiary/aromatic N) is 3. The van der Waals surface area contributed by atoms with Crippen LogP contribution < -0.4 is 0 Å². The van der Waals surface area contributed by atoms with Crippen molar-refractivity contribution in [2.45, 2.75) is 26.2 Å². The minimum absolute atomic E-state index is 0.284. The van der Waals surface area contributed by atoms with E-state index in [-0.39, 0.29) is 5.75 Å². The van der Waals surface area contributed by atoms with Crippen molar-refractivity contribution in [1.82, 2.24) is 14.3 Å². The van der Waals surface area contributed by atoms with E-state index in [0.29, 0.717) is 5.92 Å². The molecule has 1 atom stereocenters. The lowest BCUT2D eigenvalue weighted by molar-refractivity contribution is 0.181. The maximum Gasteiger partial charge on any atom is 0.137 e. The highest BCUT2D eigenvalue weighted by Gasteiger charge is 2.19. The van der Waals surface area contributed by atoms with E-state index in [1.54, 1.807) is 12.3 Å². The van der Waals surface area contributed by atoms with Crippen LogP contribution in [-0.4, -0.2) is 39.0 Å². The van der Waals surface area contributed by atoms with Crippen molar-refractivity contribution in [3.05, 3.63) is 30.2 Å². The molecule has 1 unspecified atom stereocenters. The number of likely N-dealkylation sites (tertiary alicyclic amines) is 1. The number of hydrogen-bond acceptors (Lipinski definition) is 3. The van der Waals surface area contributed by atoms with Crippen LogP contribution in [0, 0.1) is 5.92 Å². The van der Waals surface area contributed by atoms with Crippen molar-refractivity contribution >= 4 is 5.65 Å². The Balaban J connectivity index is 1.74. The summed E-state index contributed by atoms with van der Waals surface area (Å²) < 4.78 is 1.91. The number of imidazole rings is 1. The molecule has 0 radical (unpaired) electrons. The van der Waals surface area contributed by atoms with E-state index in [4.69, 9.17) is 0 Å². The van der Waals surface area contributed by atoms with E-state index in [0.717, 1.165) is 24.3 Å². The first kappa shape index (κ1) is 12.5. The van der Waals surface area contributed by atoms with E-state index < -0.39 is 0 Å². The summed E-state index contributed by atoms with van der Waals surface area (Å²) in [5.74, 6) is 0.999. The quantitative estimate of drug-likeness (QED) is 0.919. The van der Waals surface area contributed by atoms with E-state index in [9.17, 15) is 5.11 Å². The summed E-state index contributed by atoms with van der Waals surface area (Å²) in [5, 5.41) is 9.47. The van der Waals surface area contributed by atoms with E-state index in [1.807, 2.05) is 16.7 Å². The Morgan fingerprint density at radius 2 is 2.26 bits per heavy atom. The molecule has 19 heavy (non-hydrogen) atoms. The van der Waals surface area contributed by atoms with Gasteiger partial charge in [-0.25, -0.2) is 4.98 Å². The molecule has 1 saturated heterocycles. The molecule has 102 valence electrons. The molecule has 2 aromatic heterocycles. The van der Waals surface area contributed by atoms with Gasteiger partial charge in [-0.05, 0) is 50.4 Å². The Hall–Kier alpha value is -1.55. The lowest BCUT2D eigenvalue weighted by Crippen LogP contribution is -2.35. The summed E-state index contributed by atoms with van der Waals surface area (Å²) in [6.45, 7) is 5.81. The van der Waals surface area contributed by atoms with E-state index in [1.165, 1.54) is 25.9 Å². The molecule has 0 aromatic carbocycles. The molecule has 1 fully saturated rings. The van der Waals surface area contributed by atoms with Gasteiger partial charge in [-0.2, -0.15) is 0 Å². The molecule has 1 aliphatic heterocycles. The van der Waals surface area contributed by atoms with Crippen LogP contribution in [0.1, 0.15) is 25.5 Å². The predicted octanol–water partition coefficient (Wildman–Crippen LogP) is 2.31. The van der Waals surface area contributed by atoms with Gasteiger partial charge in [-0.15, -0.1) is 0 Å². The Kier molecular flexibility index (Phi) is 3.42. The van der Waals surface area contributed by atoms with Gasteiger partial charge < -0.3 is 14.4 Å². The molecule has 0 amide bonds. The second-order valence-corrected chi connectivity index (χ2v) is 5.49. The summed E-state index contributed by atoms with van der Waals surface area (Å²) in [6, 6.07) is 3.55. The zero-order valence-corrected chi connectivity index (χ0v) is 11.4. The number of piperidine rings is 1. The van der Waals surface area contributed by atoms with E-state index >= 15 is 0 Å². The molecule has 1 aliphatic rings. The zero-order valence-electron chi connectivity index (χ0n) is 11.4. The first-order valence-electron chi connectivity index (χ1n) is 7.13. The van der Waals surface area contributed by atoms with Gasteiger partial charge in [0.1, 0.15) is 11.4 Å². The van der Waals surface area contributed by atoms with Crippen molar-refractivity contribution < 1.29 is 5.11 Å². The first-order valence-corrected chi connectivity index (χ1v) is 7.13. The Labute approximate surface area is 113 Å². The molecule has 4 nitrogen and oxygen atoms in total. The number of hydrogen-bond donors (Lipinski definition) is 1. The predicted molar refractivity (Wildman–Crippen MR) is 75.4 cm³/mol. The van der Waals surface area contributed by atoms with Crippen LogP contribution in [0.2, 0.25) is 0 Å². The first-order chi connectivity index (χ1) is 9.24. The molecule has 0 bridgehead atoms. The fourth-order valence-corrected chi connectivity index (χ4v) is 3.03. The van der Waals surface area contributed by atoms with Gasteiger partial charge >= 0.3 is 0 Å². The lowest BCUT2D eigenvalue weighted by atomic mass is 9.94. The fraction of sp³-hybridized carbons (Fsp3) is 0.533. The Bertz CT molecular complexity index is 564. The highest BCUT2D eigenvalue weighted by Crippen LogP contribution is 2.21. The minimum Gasteiger partial charge on any atom is -0.506 e. The smallest absolute Gasteiger partial charge is 0.137 e. The molecular formula is C15H21N3O. The molecule has 1 N–H and O–H groups in total. The van der Waals surface area contributed by atoms with Crippen molar-refractivity contribution in [3.63, 3.8) is 0 Å². The molecule has 0 aliphatic carbocycles. The second kappa shape index (κ2) is 5.21. The van der Waals surface area contributed by atoms with Crippen LogP contribution >= 0.6 is 0 Å². The molecule has 0 saturated carbocycles. The highest BCUT2D eigenvalue weighted by molar-refractivity contribution is 5.42. The molecule has 4 heteroatoms. The van der Waals surface area contributed by atoms with Gasteiger partial charge in [0.15, 0.2) is 0 Å². The van der Waals surface area contributed by atoms with Gasteiger partial charge in [-0.1, -0.05) is 6.92 Å². The Morgan fingerprint density at radius 3 is 3.11 bits per heavy atom. The van der Waals surface area contributed by atoms with Gasteiger partial charge in [0.25, 0.3) is 0 Å². The van der Waals surface area contributed by atoms with Gasteiger partial charge in [-0.3, -0.25) is 0 Å². The summed E-state index contributed by atoms with van der Waals surface area (Å²) in [6.07, 6.45) is 7.40. The van der Waals surface area contributed by atoms with Crippen molar-refractivity contribution in [2.24, 2.45) is 5.92 Å². The largest absolute Gasteiger partial charge is 0.506 e. The number of aromatic nitrogens is 2. The van der Waals surface area contributed by atoms with Crippen molar-refractivity contribution in [2.75, 3.05) is 19.6 Å². The average molecular weight is 259 g/mol. The Morgan fingerprint density at radius 1 is 1.37 bits per heavy atom. The topological polar surface area (TPSA) is 40.8 Å². The zero-order chi connectivity index (χ0) is 13.2. The van der Waals surface area contributed by atoms with Crippen molar-refractivity contribution in [3.8, 4) is 5.75 Å². The molecular weight excluding hydrogens is 238 g/mol. The monoisotopic (exact) mass is 259 g/mol. The van der Waals surface area contributed by atoms with Gasteiger partial charge in [0.2, 0.25) is 0 Å². The lowest BCUT2D eigenvalue weighted by Gasteiger charge is -2.31. The number of aromatic hydroxyl groups is 1. The highest BCUT2D eigenvalue weighted by atomic mass is 16.3. The maximum atomic E-state index is 9.47. The van der Waals surface area contributed by atoms with E-state index in [2.05, 4.69) is 16.8 Å². The van der Waals surface area contributed by atoms with Gasteiger partial charge in [0.05, 0.1) is 11.9 Å². The SMILES string of the molecule is CCN1CCCC(Cc2cn3cc(O)ccc3n2)C1. The minimum atomic E-state index is 0.284. The summed E-state index contributed by atoms with van der Waals surface area (Å²) >= 11 is 0. The number of rotatable bonds is 3. The summed E-state index contributed by atoms with van der Waals surface area (Å²) in [4.78, 5) is 7.16. The van der Waals surface area contributed by atoms with Crippen LogP contribution in [0.3, 0.4) is 0 Å². The number of pyridine rings is 1. The van der Waals surface area contributed by atoms with Crippen LogP contribution in [0.15, 0.2) is 24.5 Å². The fourth-order valence-electron chi connectivity index (χ4n) is 3.03. The third kappa shape index (κ3) is 2.73. The number of fused-ring (bicyclic) bond motifs is 1. The molecule has 3 rings (SSSR count). The third-order valence-electron chi connectivity index (χ3n) is 4.03.